The van der Waals surface area contributed by atoms with Gasteiger partial charge in [0, 0.05) is 0 Å². The molecule has 98 valence electrons. The van der Waals surface area contributed by atoms with Gasteiger partial charge in [0.15, 0.2) is 0 Å². The largest absolute Gasteiger partial charge is 0.391 e. The number of hydrogen-bond acceptors (Lipinski definition) is 0. The summed E-state index contributed by atoms with van der Waals surface area (Å²) in [6, 6.07) is 0. The molecule has 0 aliphatic rings. The van der Waals surface area contributed by atoms with Gasteiger partial charge in [-0.3, -0.25) is 0 Å². The Hall–Kier alpha value is -0.420. The van der Waals surface area contributed by atoms with Gasteiger partial charge in [0.25, 0.3) is 0 Å². The molecule has 0 amide bonds. The minimum absolute atomic E-state index is 0.103. The van der Waals surface area contributed by atoms with Gasteiger partial charge in [-0.1, -0.05) is 26.7 Å². The van der Waals surface area contributed by atoms with Crippen molar-refractivity contribution in [3.05, 3.63) is 0 Å². The van der Waals surface area contributed by atoms with Crippen LogP contribution in [0.1, 0.15) is 39.5 Å². The molecule has 0 aliphatic carbocycles. The van der Waals surface area contributed by atoms with E-state index in [2.05, 4.69) is 0 Å². The van der Waals surface area contributed by atoms with Gasteiger partial charge in [0.1, 0.15) is 0 Å². The van der Waals surface area contributed by atoms with E-state index in [1.807, 2.05) is 0 Å². The quantitative estimate of drug-likeness (QED) is 0.478. The molecule has 2 atom stereocenters. The number of rotatable bonds is 5. The monoisotopic (exact) mass is 250 g/mol. The lowest BCUT2D eigenvalue weighted by molar-refractivity contribution is -0.175. The van der Waals surface area contributed by atoms with E-state index in [4.69, 9.17) is 0 Å². The molecule has 2 unspecified atom stereocenters. The molecule has 0 fully saturated rings. The van der Waals surface area contributed by atoms with Crippen molar-refractivity contribution in [1.82, 2.24) is 0 Å². The Bertz CT molecular complexity index is 170. The molecule has 6 heteroatoms. The number of alkyl halides is 6. The normalized spacial score (nSPS) is 17.2. The average Bonchev–Trinajstić information content (AvgIpc) is 2.08. The molecule has 0 nitrogen and oxygen atoms in total. The Balaban J connectivity index is 3.70. The van der Waals surface area contributed by atoms with Crippen LogP contribution in [0.4, 0.5) is 26.3 Å². The lowest BCUT2D eigenvalue weighted by Gasteiger charge is -2.17. The van der Waals surface area contributed by atoms with Crippen LogP contribution in [0.15, 0.2) is 0 Å². The average molecular weight is 250 g/mol. The van der Waals surface area contributed by atoms with Gasteiger partial charge in [-0.25, -0.2) is 0 Å². The molecule has 0 aliphatic heterocycles. The molecule has 0 aromatic carbocycles. The van der Waals surface area contributed by atoms with Gasteiger partial charge in [0.2, 0.25) is 0 Å². The fourth-order valence-corrected chi connectivity index (χ4v) is 1.23. The second-order valence-corrected chi connectivity index (χ2v) is 4.17. The Morgan fingerprint density at radius 1 is 0.688 bits per heavy atom. The summed E-state index contributed by atoms with van der Waals surface area (Å²) in [7, 11) is 0. The van der Waals surface area contributed by atoms with E-state index in [9.17, 15) is 26.3 Å². The summed E-state index contributed by atoms with van der Waals surface area (Å²) < 4.78 is 72.3. The molecular formula is C10H16F6. The van der Waals surface area contributed by atoms with Crippen LogP contribution >= 0.6 is 0 Å². The van der Waals surface area contributed by atoms with Gasteiger partial charge in [-0.2, -0.15) is 26.3 Å². The molecule has 0 aromatic heterocycles. The maximum Gasteiger partial charge on any atom is 0.391 e. The van der Waals surface area contributed by atoms with Crippen molar-refractivity contribution < 1.29 is 26.3 Å². The fraction of sp³-hybridized carbons (Fsp3) is 1.00. The molecule has 0 N–H and O–H groups in total. The number of hydrogen-bond donors (Lipinski definition) is 0. The van der Waals surface area contributed by atoms with Crippen LogP contribution in [0, 0.1) is 11.8 Å². The third kappa shape index (κ3) is 6.23. The smallest absolute Gasteiger partial charge is 0.171 e. The first-order chi connectivity index (χ1) is 7.05. The maximum atomic E-state index is 12.0. The van der Waals surface area contributed by atoms with E-state index in [1.165, 1.54) is 0 Å². The summed E-state index contributed by atoms with van der Waals surface area (Å²) in [5, 5.41) is 0. The van der Waals surface area contributed by atoms with Crippen LogP contribution in [0.25, 0.3) is 0 Å². The summed E-state index contributed by atoms with van der Waals surface area (Å²) >= 11 is 0. The van der Waals surface area contributed by atoms with Crippen LogP contribution in [0.2, 0.25) is 0 Å². The third-order valence-corrected chi connectivity index (χ3v) is 2.64. The summed E-state index contributed by atoms with van der Waals surface area (Å²) in [6.45, 7) is 2.10. The molecule has 0 spiro atoms. The van der Waals surface area contributed by atoms with Gasteiger partial charge >= 0.3 is 12.4 Å². The number of unbranched alkanes of at least 4 members (excludes halogenated alkanes) is 1. The van der Waals surface area contributed by atoms with Gasteiger partial charge in [-0.15, -0.1) is 0 Å². The zero-order chi connectivity index (χ0) is 13.0. The highest BCUT2D eigenvalue weighted by Crippen LogP contribution is 2.32. The summed E-state index contributed by atoms with van der Waals surface area (Å²) in [6.07, 6.45) is -8.32. The van der Waals surface area contributed by atoms with Crippen molar-refractivity contribution in [3.63, 3.8) is 0 Å². The minimum atomic E-state index is -4.24. The molecule has 0 radical (unpaired) electrons. The molecule has 0 saturated carbocycles. The Morgan fingerprint density at radius 3 is 1.12 bits per heavy atom. The predicted octanol–water partition coefficient (Wildman–Crippen LogP) is 4.94. The van der Waals surface area contributed by atoms with Crippen molar-refractivity contribution >= 4 is 0 Å². The highest BCUT2D eigenvalue weighted by atomic mass is 19.4. The second kappa shape index (κ2) is 5.77. The predicted molar refractivity (Wildman–Crippen MR) is 48.9 cm³/mol. The maximum absolute atomic E-state index is 12.0. The molecular weight excluding hydrogens is 234 g/mol. The van der Waals surface area contributed by atoms with E-state index < -0.39 is 24.2 Å². The lowest BCUT2D eigenvalue weighted by atomic mass is 9.98. The van der Waals surface area contributed by atoms with E-state index in [-0.39, 0.29) is 25.7 Å². The Labute approximate surface area is 91.0 Å². The molecule has 0 bridgehead atoms. The SMILES string of the molecule is CC(CCCCC(C)C(F)(F)F)C(F)(F)F. The molecule has 0 heterocycles. The molecule has 16 heavy (non-hydrogen) atoms. The first-order valence-electron chi connectivity index (χ1n) is 5.18. The summed E-state index contributed by atoms with van der Waals surface area (Å²) in [5.41, 5.74) is 0. The topological polar surface area (TPSA) is 0 Å². The van der Waals surface area contributed by atoms with Crippen molar-refractivity contribution in [2.24, 2.45) is 11.8 Å². The van der Waals surface area contributed by atoms with E-state index >= 15 is 0 Å². The van der Waals surface area contributed by atoms with Crippen molar-refractivity contribution in [3.8, 4) is 0 Å². The molecule has 0 rings (SSSR count). The zero-order valence-electron chi connectivity index (χ0n) is 9.25. The lowest BCUT2D eigenvalue weighted by Crippen LogP contribution is -2.21. The van der Waals surface area contributed by atoms with Crippen LogP contribution in [0.5, 0.6) is 0 Å². The van der Waals surface area contributed by atoms with Crippen LogP contribution in [-0.2, 0) is 0 Å². The van der Waals surface area contributed by atoms with Crippen molar-refractivity contribution in [2.75, 3.05) is 0 Å². The second-order valence-electron chi connectivity index (χ2n) is 4.17. The molecule has 0 aromatic rings. The highest BCUT2D eigenvalue weighted by Gasteiger charge is 2.36. The first-order valence-corrected chi connectivity index (χ1v) is 5.18. The van der Waals surface area contributed by atoms with E-state index in [0.29, 0.717) is 0 Å². The highest BCUT2D eigenvalue weighted by molar-refractivity contribution is 4.65. The van der Waals surface area contributed by atoms with Crippen LogP contribution < -0.4 is 0 Å². The van der Waals surface area contributed by atoms with Crippen LogP contribution in [0.3, 0.4) is 0 Å². The van der Waals surface area contributed by atoms with Gasteiger partial charge < -0.3 is 0 Å². The van der Waals surface area contributed by atoms with Crippen LogP contribution in [-0.4, -0.2) is 12.4 Å². The van der Waals surface area contributed by atoms with E-state index in [0.717, 1.165) is 13.8 Å². The first kappa shape index (κ1) is 15.6. The fourth-order valence-electron chi connectivity index (χ4n) is 1.23. The van der Waals surface area contributed by atoms with Gasteiger partial charge in [0.05, 0.1) is 11.8 Å². The van der Waals surface area contributed by atoms with Crippen molar-refractivity contribution in [1.29, 1.82) is 0 Å². The zero-order valence-corrected chi connectivity index (χ0v) is 9.25. The summed E-state index contributed by atoms with van der Waals surface area (Å²) in [5.74, 6) is -2.87. The standard InChI is InChI=1S/C10H16F6/c1-7(9(11,12)13)5-3-4-6-8(2)10(14,15)16/h7-8H,3-6H2,1-2H3. The summed E-state index contributed by atoms with van der Waals surface area (Å²) in [4.78, 5) is 0. The number of halogens is 6. The Morgan fingerprint density at radius 2 is 0.938 bits per heavy atom. The van der Waals surface area contributed by atoms with E-state index in [1.54, 1.807) is 0 Å². The van der Waals surface area contributed by atoms with Gasteiger partial charge in [-0.05, 0) is 12.8 Å². The molecule has 0 saturated heterocycles. The van der Waals surface area contributed by atoms with Crippen molar-refractivity contribution in [2.45, 2.75) is 51.9 Å². The third-order valence-electron chi connectivity index (χ3n) is 2.64. The minimum Gasteiger partial charge on any atom is -0.171 e. The Kier molecular flexibility index (Phi) is 5.62.